The third-order valence-corrected chi connectivity index (χ3v) is 4.88. The van der Waals surface area contributed by atoms with Crippen LogP contribution in [-0.2, 0) is 16.0 Å². The van der Waals surface area contributed by atoms with Crippen molar-refractivity contribution in [2.24, 2.45) is 0 Å². The lowest BCUT2D eigenvalue weighted by molar-refractivity contribution is -0.138. The van der Waals surface area contributed by atoms with Gasteiger partial charge in [-0.2, -0.15) is 0 Å². The molecule has 0 N–H and O–H groups in total. The molecule has 22 heavy (non-hydrogen) atoms. The van der Waals surface area contributed by atoms with Crippen molar-refractivity contribution in [1.29, 1.82) is 0 Å². The van der Waals surface area contributed by atoms with Gasteiger partial charge in [0.05, 0.1) is 30.3 Å². The fraction of sp³-hybridized carbons (Fsp3) is 0.438. The second-order valence-corrected chi connectivity index (χ2v) is 6.69. The van der Waals surface area contributed by atoms with Crippen molar-refractivity contribution in [2.45, 2.75) is 26.4 Å². The van der Waals surface area contributed by atoms with Gasteiger partial charge in [0, 0.05) is 23.8 Å². The zero-order valence-electron chi connectivity index (χ0n) is 12.8. The first-order valence-corrected chi connectivity index (χ1v) is 8.17. The summed E-state index contributed by atoms with van der Waals surface area (Å²) in [6.07, 6.45) is 3.87. The van der Waals surface area contributed by atoms with E-state index in [1.807, 2.05) is 30.9 Å². The molecule has 1 amide bonds. The topological polar surface area (TPSA) is 55.3 Å². The van der Waals surface area contributed by atoms with Crippen molar-refractivity contribution in [3.63, 3.8) is 0 Å². The Hall–Kier alpha value is -1.79. The molecule has 1 aliphatic rings. The first-order valence-electron chi connectivity index (χ1n) is 7.35. The molecule has 6 heteroatoms. The van der Waals surface area contributed by atoms with Crippen LogP contribution in [0.2, 0.25) is 0 Å². The van der Waals surface area contributed by atoms with Gasteiger partial charge in [0.15, 0.2) is 0 Å². The minimum Gasteiger partial charge on any atom is -0.370 e. The van der Waals surface area contributed by atoms with E-state index >= 15 is 0 Å². The van der Waals surface area contributed by atoms with Gasteiger partial charge in [-0.25, -0.2) is 4.98 Å². The average molecular weight is 317 g/mol. The maximum absolute atomic E-state index is 12.5. The molecular formula is C16H19N3O2S. The van der Waals surface area contributed by atoms with E-state index in [9.17, 15) is 4.79 Å². The van der Waals surface area contributed by atoms with E-state index in [1.54, 1.807) is 23.7 Å². The van der Waals surface area contributed by atoms with Crippen LogP contribution in [0.25, 0.3) is 0 Å². The Balaban J connectivity index is 1.67. The molecule has 0 spiro atoms. The lowest BCUT2D eigenvalue weighted by Crippen LogP contribution is -2.42. The summed E-state index contributed by atoms with van der Waals surface area (Å²) in [6, 6.07) is 3.88. The first-order chi connectivity index (χ1) is 10.6. The van der Waals surface area contributed by atoms with Crippen molar-refractivity contribution >= 4 is 17.2 Å². The zero-order valence-corrected chi connectivity index (χ0v) is 13.6. The summed E-state index contributed by atoms with van der Waals surface area (Å²) in [7, 11) is 0. The summed E-state index contributed by atoms with van der Waals surface area (Å²) < 4.78 is 5.79. The van der Waals surface area contributed by atoms with Crippen LogP contribution in [0.15, 0.2) is 24.5 Å². The number of hydrogen-bond acceptors (Lipinski definition) is 5. The Labute approximate surface area is 134 Å². The number of aromatic nitrogens is 2. The molecule has 3 rings (SSSR count). The second-order valence-electron chi connectivity index (χ2n) is 5.40. The molecule has 0 aliphatic carbocycles. The number of hydrogen-bond donors (Lipinski definition) is 0. The summed E-state index contributed by atoms with van der Waals surface area (Å²) in [4.78, 5) is 23.9. The van der Waals surface area contributed by atoms with Crippen molar-refractivity contribution in [3.05, 3.63) is 45.7 Å². The average Bonchev–Trinajstić information content (AvgIpc) is 2.86. The second kappa shape index (κ2) is 6.54. The standard InChI is InChI=1S/C16H19N3O2S/c1-11-15(22-12(2)18-11)9-16(20)19-7-8-21-14(10-19)13-3-5-17-6-4-13/h3-6,14H,7-10H2,1-2H3. The Morgan fingerprint density at radius 2 is 2.18 bits per heavy atom. The number of carbonyl (C=O) groups excluding carboxylic acids is 1. The molecule has 1 saturated heterocycles. The summed E-state index contributed by atoms with van der Waals surface area (Å²) in [6.45, 7) is 5.75. The lowest BCUT2D eigenvalue weighted by atomic mass is 10.1. The van der Waals surface area contributed by atoms with Gasteiger partial charge in [-0.05, 0) is 31.5 Å². The van der Waals surface area contributed by atoms with Crippen LogP contribution < -0.4 is 0 Å². The molecule has 0 radical (unpaired) electrons. The Kier molecular flexibility index (Phi) is 4.49. The van der Waals surface area contributed by atoms with Crippen LogP contribution in [0.5, 0.6) is 0 Å². The van der Waals surface area contributed by atoms with Crippen LogP contribution in [0.3, 0.4) is 0 Å². The highest BCUT2D eigenvalue weighted by molar-refractivity contribution is 7.11. The van der Waals surface area contributed by atoms with Gasteiger partial charge < -0.3 is 9.64 Å². The van der Waals surface area contributed by atoms with E-state index in [-0.39, 0.29) is 12.0 Å². The maximum Gasteiger partial charge on any atom is 0.228 e. The fourth-order valence-electron chi connectivity index (χ4n) is 2.64. The molecule has 0 bridgehead atoms. The zero-order chi connectivity index (χ0) is 15.5. The number of aryl methyl sites for hydroxylation is 2. The molecule has 1 unspecified atom stereocenters. The number of thiazole rings is 1. The Morgan fingerprint density at radius 1 is 1.41 bits per heavy atom. The number of rotatable bonds is 3. The molecule has 0 saturated carbocycles. The minimum absolute atomic E-state index is 0.0648. The molecule has 1 fully saturated rings. The van der Waals surface area contributed by atoms with Crippen molar-refractivity contribution in [1.82, 2.24) is 14.9 Å². The van der Waals surface area contributed by atoms with Gasteiger partial charge in [-0.3, -0.25) is 9.78 Å². The number of ether oxygens (including phenoxy) is 1. The number of morpholine rings is 1. The van der Waals surface area contributed by atoms with Gasteiger partial charge in [-0.15, -0.1) is 11.3 Å². The first kappa shape index (κ1) is 15.1. The predicted octanol–water partition coefficient (Wildman–Crippen LogP) is 2.30. The van der Waals surface area contributed by atoms with Crippen LogP contribution in [0.4, 0.5) is 0 Å². The van der Waals surface area contributed by atoms with Crippen LogP contribution in [0.1, 0.15) is 27.2 Å². The minimum atomic E-state index is -0.0648. The Morgan fingerprint density at radius 3 is 2.86 bits per heavy atom. The van der Waals surface area contributed by atoms with Crippen molar-refractivity contribution in [3.8, 4) is 0 Å². The SMILES string of the molecule is Cc1nc(C)c(CC(=O)N2CCOC(c3ccncc3)C2)s1. The van der Waals surface area contributed by atoms with Gasteiger partial charge in [0.25, 0.3) is 0 Å². The summed E-state index contributed by atoms with van der Waals surface area (Å²) >= 11 is 1.61. The van der Waals surface area contributed by atoms with E-state index in [0.29, 0.717) is 26.1 Å². The molecule has 5 nitrogen and oxygen atoms in total. The maximum atomic E-state index is 12.5. The van der Waals surface area contributed by atoms with Gasteiger partial charge in [-0.1, -0.05) is 0 Å². The number of nitrogens with zero attached hydrogens (tertiary/aromatic N) is 3. The Bertz CT molecular complexity index is 657. The third-order valence-electron chi connectivity index (χ3n) is 3.81. The van der Waals surface area contributed by atoms with Crippen LogP contribution in [-0.4, -0.2) is 40.5 Å². The monoisotopic (exact) mass is 317 g/mol. The molecule has 2 aromatic rings. The van der Waals surface area contributed by atoms with Crippen molar-refractivity contribution < 1.29 is 9.53 Å². The van der Waals surface area contributed by atoms with E-state index < -0.39 is 0 Å². The quantitative estimate of drug-likeness (QED) is 0.871. The third kappa shape index (κ3) is 3.34. The van der Waals surface area contributed by atoms with Crippen LogP contribution in [0, 0.1) is 13.8 Å². The smallest absolute Gasteiger partial charge is 0.228 e. The lowest BCUT2D eigenvalue weighted by Gasteiger charge is -2.33. The highest BCUT2D eigenvalue weighted by Gasteiger charge is 2.26. The highest BCUT2D eigenvalue weighted by atomic mass is 32.1. The number of carbonyl (C=O) groups is 1. The van der Waals surface area contributed by atoms with E-state index in [0.717, 1.165) is 21.1 Å². The molecule has 0 aromatic carbocycles. The molecule has 3 heterocycles. The van der Waals surface area contributed by atoms with E-state index in [4.69, 9.17) is 4.74 Å². The molecular weight excluding hydrogens is 298 g/mol. The summed E-state index contributed by atoms with van der Waals surface area (Å²) in [5, 5.41) is 1.01. The summed E-state index contributed by atoms with van der Waals surface area (Å²) in [5.74, 6) is 0.147. The van der Waals surface area contributed by atoms with Gasteiger partial charge in [0.2, 0.25) is 5.91 Å². The predicted molar refractivity (Wildman–Crippen MR) is 84.8 cm³/mol. The highest BCUT2D eigenvalue weighted by Crippen LogP contribution is 2.23. The largest absolute Gasteiger partial charge is 0.370 e. The van der Waals surface area contributed by atoms with Gasteiger partial charge >= 0.3 is 0 Å². The van der Waals surface area contributed by atoms with Gasteiger partial charge in [0.1, 0.15) is 6.10 Å². The van der Waals surface area contributed by atoms with Crippen LogP contribution >= 0.6 is 11.3 Å². The number of pyridine rings is 1. The molecule has 1 atom stereocenters. The molecule has 1 aliphatic heterocycles. The summed E-state index contributed by atoms with van der Waals surface area (Å²) in [5.41, 5.74) is 2.03. The molecule has 2 aromatic heterocycles. The number of amides is 1. The molecule has 116 valence electrons. The van der Waals surface area contributed by atoms with E-state index in [2.05, 4.69) is 9.97 Å². The normalized spacial score (nSPS) is 18.5. The fourth-order valence-corrected chi connectivity index (χ4v) is 3.57. The van der Waals surface area contributed by atoms with E-state index in [1.165, 1.54) is 0 Å². The van der Waals surface area contributed by atoms with Crippen molar-refractivity contribution in [2.75, 3.05) is 19.7 Å².